The fourth-order valence-corrected chi connectivity index (χ4v) is 3.98. The molecule has 0 bridgehead atoms. The molecule has 0 heterocycles. The third-order valence-electron chi connectivity index (χ3n) is 5.25. The Morgan fingerprint density at radius 1 is 0.600 bits per heavy atom. The van der Waals surface area contributed by atoms with Gasteiger partial charge in [0.1, 0.15) is 0 Å². The third-order valence-corrected chi connectivity index (χ3v) is 5.25. The summed E-state index contributed by atoms with van der Waals surface area (Å²) in [6, 6.07) is 0. The van der Waals surface area contributed by atoms with E-state index in [9.17, 15) is 9.59 Å². The molecule has 0 N–H and O–H groups in total. The van der Waals surface area contributed by atoms with E-state index < -0.39 is 0 Å². The SMILES string of the molecule is O=C1CCCCCCC(C2CCCCCCCC2)C1=O. The number of carbonyl (C=O) groups is 2. The summed E-state index contributed by atoms with van der Waals surface area (Å²) in [6.45, 7) is 0. The van der Waals surface area contributed by atoms with Gasteiger partial charge in [-0.2, -0.15) is 0 Å². The highest BCUT2D eigenvalue weighted by molar-refractivity contribution is 6.38. The van der Waals surface area contributed by atoms with E-state index in [1.165, 1.54) is 57.8 Å². The summed E-state index contributed by atoms with van der Waals surface area (Å²) < 4.78 is 0. The van der Waals surface area contributed by atoms with Gasteiger partial charge in [-0.1, -0.05) is 57.8 Å². The van der Waals surface area contributed by atoms with Crippen molar-refractivity contribution in [3.63, 3.8) is 0 Å². The lowest BCUT2D eigenvalue weighted by Crippen LogP contribution is -2.30. The zero-order valence-electron chi connectivity index (χ0n) is 12.9. The number of hydrogen-bond donors (Lipinski definition) is 0. The van der Waals surface area contributed by atoms with E-state index in [4.69, 9.17) is 0 Å². The molecule has 114 valence electrons. The van der Waals surface area contributed by atoms with Crippen molar-refractivity contribution < 1.29 is 9.59 Å². The third kappa shape index (κ3) is 4.71. The lowest BCUT2D eigenvalue weighted by molar-refractivity contribution is -0.140. The predicted octanol–water partition coefficient (Wildman–Crippen LogP) is 4.85. The van der Waals surface area contributed by atoms with Crippen molar-refractivity contribution in [2.45, 2.75) is 89.9 Å². The molecule has 20 heavy (non-hydrogen) atoms. The van der Waals surface area contributed by atoms with E-state index in [0.29, 0.717) is 12.3 Å². The Kier molecular flexibility index (Phi) is 6.75. The predicted molar refractivity (Wildman–Crippen MR) is 81.6 cm³/mol. The van der Waals surface area contributed by atoms with Crippen molar-refractivity contribution in [3.05, 3.63) is 0 Å². The maximum atomic E-state index is 12.5. The molecule has 1 unspecified atom stereocenters. The number of carbonyl (C=O) groups excluding carboxylic acids is 2. The summed E-state index contributed by atoms with van der Waals surface area (Å²) in [5.74, 6) is 0.453. The Hall–Kier alpha value is -0.660. The van der Waals surface area contributed by atoms with E-state index in [2.05, 4.69) is 0 Å². The minimum absolute atomic E-state index is 0.0175. The first kappa shape index (κ1) is 15.7. The number of rotatable bonds is 1. The van der Waals surface area contributed by atoms with Crippen molar-refractivity contribution in [2.75, 3.05) is 0 Å². The zero-order valence-corrected chi connectivity index (χ0v) is 12.9. The van der Waals surface area contributed by atoms with Crippen molar-refractivity contribution in [1.82, 2.24) is 0 Å². The zero-order chi connectivity index (χ0) is 14.2. The van der Waals surface area contributed by atoms with Crippen LogP contribution in [0.4, 0.5) is 0 Å². The molecule has 0 saturated heterocycles. The van der Waals surface area contributed by atoms with Gasteiger partial charge in [0.25, 0.3) is 0 Å². The van der Waals surface area contributed by atoms with Gasteiger partial charge in [0.2, 0.25) is 5.78 Å². The second kappa shape index (κ2) is 8.59. The van der Waals surface area contributed by atoms with Crippen LogP contribution in [-0.4, -0.2) is 11.6 Å². The van der Waals surface area contributed by atoms with Crippen molar-refractivity contribution in [3.8, 4) is 0 Å². The topological polar surface area (TPSA) is 34.1 Å². The largest absolute Gasteiger partial charge is 0.291 e. The van der Waals surface area contributed by atoms with Gasteiger partial charge in [0, 0.05) is 12.3 Å². The maximum Gasteiger partial charge on any atom is 0.201 e. The summed E-state index contributed by atoms with van der Waals surface area (Å²) >= 11 is 0. The van der Waals surface area contributed by atoms with Gasteiger partial charge >= 0.3 is 0 Å². The van der Waals surface area contributed by atoms with Crippen molar-refractivity contribution in [1.29, 1.82) is 0 Å². The quantitative estimate of drug-likeness (QED) is 0.643. The highest BCUT2D eigenvalue weighted by Crippen LogP contribution is 2.32. The molecule has 2 saturated carbocycles. The van der Waals surface area contributed by atoms with E-state index >= 15 is 0 Å². The van der Waals surface area contributed by atoms with Gasteiger partial charge in [-0.3, -0.25) is 9.59 Å². The highest BCUT2D eigenvalue weighted by Gasteiger charge is 2.31. The normalized spacial score (nSPS) is 28.7. The van der Waals surface area contributed by atoms with Gasteiger partial charge in [0.05, 0.1) is 0 Å². The van der Waals surface area contributed by atoms with Gasteiger partial charge in [-0.25, -0.2) is 0 Å². The first-order chi connectivity index (χ1) is 9.79. The molecule has 0 amide bonds. The monoisotopic (exact) mass is 278 g/mol. The minimum atomic E-state index is -0.0724. The van der Waals surface area contributed by atoms with Crippen molar-refractivity contribution >= 4 is 11.6 Å². The Morgan fingerprint density at radius 3 is 1.75 bits per heavy atom. The highest BCUT2D eigenvalue weighted by atomic mass is 16.2. The Balaban J connectivity index is 2.03. The molecule has 2 fully saturated rings. The summed E-state index contributed by atoms with van der Waals surface area (Å²) in [5.41, 5.74) is 0. The standard InChI is InChI=1S/C18H30O2/c19-17-14-10-6-5-9-13-16(18(17)20)15-11-7-3-1-2-4-8-12-15/h15-16H,1-14H2. The van der Waals surface area contributed by atoms with Gasteiger partial charge in [-0.15, -0.1) is 0 Å². The summed E-state index contributed by atoms with van der Waals surface area (Å²) in [5, 5.41) is 0. The molecule has 2 rings (SSSR count). The smallest absolute Gasteiger partial charge is 0.201 e. The average Bonchev–Trinajstić information content (AvgIpc) is 2.63. The van der Waals surface area contributed by atoms with E-state index in [1.807, 2.05) is 0 Å². The summed E-state index contributed by atoms with van der Waals surface area (Å²) in [7, 11) is 0. The van der Waals surface area contributed by atoms with Gasteiger partial charge < -0.3 is 0 Å². The molecule has 0 radical (unpaired) electrons. The molecule has 0 aromatic rings. The number of Topliss-reactive ketones (excluding diaryl/α,β-unsaturated/α-hetero) is 2. The van der Waals surface area contributed by atoms with Crippen LogP contribution in [0.25, 0.3) is 0 Å². The Bertz CT molecular complexity index is 311. The first-order valence-electron chi connectivity index (χ1n) is 8.86. The second-order valence-electron chi connectivity index (χ2n) is 6.81. The van der Waals surface area contributed by atoms with Gasteiger partial charge in [0.15, 0.2) is 5.78 Å². The lowest BCUT2D eigenvalue weighted by Gasteiger charge is -2.25. The molecular formula is C18H30O2. The average molecular weight is 278 g/mol. The molecular weight excluding hydrogens is 248 g/mol. The van der Waals surface area contributed by atoms with Crippen LogP contribution in [0, 0.1) is 11.8 Å². The second-order valence-corrected chi connectivity index (χ2v) is 6.81. The Morgan fingerprint density at radius 2 is 1.10 bits per heavy atom. The van der Waals surface area contributed by atoms with Crippen LogP contribution in [0.2, 0.25) is 0 Å². The van der Waals surface area contributed by atoms with Crippen LogP contribution in [0.5, 0.6) is 0 Å². The Labute approximate surface area is 123 Å². The molecule has 2 heteroatoms. The van der Waals surface area contributed by atoms with Crippen LogP contribution in [-0.2, 0) is 9.59 Å². The van der Waals surface area contributed by atoms with E-state index in [-0.39, 0.29) is 17.5 Å². The van der Waals surface area contributed by atoms with Gasteiger partial charge in [-0.05, 0) is 31.6 Å². The lowest BCUT2D eigenvalue weighted by atomic mass is 9.78. The summed E-state index contributed by atoms with van der Waals surface area (Å²) in [4.78, 5) is 24.5. The number of hydrogen-bond acceptors (Lipinski definition) is 2. The van der Waals surface area contributed by atoms with Crippen LogP contribution >= 0.6 is 0 Å². The summed E-state index contributed by atoms with van der Waals surface area (Å²) in [6.07, 6.45) is 16.0. The molecule has 0 aromatic heterocycles. The van der Waals surface area contributed by atoms with Crippen LogP contribution < -0.4 is 0 Å². The minimum Gasteiger partial charge on any atom is -0.291 e. The van der Waals surface area contributed by atoms with E-state index in [0.717, 1.165) is 25.7 Å². The molecule has 2 nitrogen and oxygen atoms in total. The number of ketones is 2. The molecule has 0 aromatic carbocycles. The molecule has 2 aliphatic rings. The molecule has 0 aliphatic heterocycles. The van der Waals surface area contributed by atoms with E-state index in [1.54, 1.807) is 0 Å². The molecule has 0 spiro atoms. The van der Waals surface area contributed by atoms with Crippen LogP contribution in [0.15, 0.2) is 0 Å². The first-order valence-corrected chi connectivity index (χ1v) is 8.86. The van der Waals surface area contributed by atoms with Crippen LogP contribution in [0.3, 0.4) is 0 Å². The van der Waals surface area contributed by atoms with Crippen LogP contribution in [0.1, 0.15) is 89.9 Å². The van der Waals surface area contributed by atoms with Crippen molar-refractivity contribution in [2.24, 2.45) is 11.8 Å². The maximum absolute atomic E-state index is 12.5. The fourth-order valence-electron chi connectivity index (χ4n) is 3.98. The molecule has 1 atom stereocenters. The molecule has 2 aliphatic carbocycles. The fraction of sp³-hybridized carbons (Fsp3) is 0.889.